The lowest BCUT2D eigenvalue weighted by atomic mass is 9.95. The molecule has 1 aliphatic carbocycles. The monoisotopic (exact) mass is 167 g/mol. The maximum atomic E-state index is 10.7. The minimum absolute atomic E-state index is 0.313. The predicted octanol–water partition coefficient (Wildman–Crippen LogP) is -0.441. The Kier molecular flexibility index (Phi) is 1.86. The lowest BCUT2D eigenvalue weighted by Gasteiger charge is -2.07. The number of hydrogen-bond acceptors (Lipinski definition) is 4. The van der Waals surface area contributed by atoms with Crippen LogP contribution in [0, 0.1) is 5.41 Å². The Morgan fingerprint density at radius 3 is 2.58 bits per heavy atom. The molecule has 5 heteroatoms. The third-order valence-corrected chi connectivity index (χ3v) is 1.44. The highest BCUT2D eigenvalue weighted by Crippen LogP contribution is 2.09. The number of aliphatic carboxylic acids is 1. The van der Waals surface area contributed by atoms with Crippen LogP contribution in [0.4, 0.5) is 0 Å². The molecule has 0 fully saturated rings. The smallest absolute Gasteiger partial charge is 0.337 e. The van der Waals surface area contributed by atoms with Crippen molar-refractivity contribution in [1.82, 2.24) is 0 Å². The summed E-state index contributed by atoms with van der Waals surface area (Å²) in [5.74, 6) is -2.92. The summed E-state index contributed by atoms with van der Waals surface area (Å²) in [6.45, 7) is 0. The van der Waals surface area contributed by atoms with Gasteiger partial charge in [0.05, 0.1) is 17.7 Å². The van der Waals surface area contributed by atoms with Gasteiger partial charge in [0, 0.05) is 6.08 Å². The summed E-state index contributed by atoms with van der Waals surface area (Å²) in [6.07, 6.45) is 0.285. The molecule has 2 N–H and O–H groups in total. The zero-order valence-corrected chi connectivity index (χ0v) is 5.96. The van der Waals surface area contributed by atoms with E-state index in [0.29, 0.717) is 6.08 Å². The van der Waals surface area contributed by atoms with Crippen molar-refractivity contribution in [2.45, 2.75) is 6.42 Å². The Balaban J connectivity index is 3.09. The highest BCUT2D eigenvalue weighted by molar-refractivity contribution is 6.50. The van der Waals surface area contributed by atoms with Gasteiger partial charge in [0.1, 0.15) is 0 Å². The fourth-order valence-corrected chi connectivity index (χ4v) is 0.832. The van der Waals surface area contributed by atoms with Crippen molar-refractivity contribution in [1.29, 1.82) is 5.41 Å². The van der Waals surface area contributed by atoms with Crippen LogP contribution in [0.5, 0.6) is 0 Å². The topological polar surface area (TPSA) is 95.3 Å². The van der Waals surface area contributed by atoms with Crippen LogP contribution in [0.25, 0.3) is 0 Å². The average molecular weight is 167 g/mol. The van der Waals surface area contributed by atoms with Gasteiger partial charge in [-0.25, -0.2) is 4.79 Å². The summed E-state index contributed by atoms with van der Waals surface area (Å²) < 4.78 is 0. The molecule has 62 valence electrons. The van der Waals surface area contributed by atoms with Crippen LogP contribution in [-0.2, 0) is 14.4 Å². The van der Waals surface area contributed by atoms with E-state index >= 15 is 0 Å². The molecule has 0 amide bonds. The first-order chi connectivity index (χ1) is 5.52. The summed E-state index contributed by atoms with van der Waals surface area (Å²) >= 11 is 0. The van der Waals surface area contributed by atoms with E-state index in [2.05, 4.69) is 0 Å². The van der Waals surface area contributed by atoms with Gasteiger partial charge in [-0.1, -0.05) is 0 Å². The number of carboxylic acid groups (broad SMARTS) is 1. The second kappa shape index (κ2) is 2.69. The standard InChI is InChI=1S/C7H5NO4/c8-4-2-6(10)5(9)1-3(4)7(11)12/h1,8H,2H2,(H,11,12). The number of ketones is 2. The largest absolute Gasteiger partial charge is 0.478 e. The first kappa shape index (κ1) is 8.32. The van der Waals surface area contributed by atoms with E-state index in [4.69, 9.17) is 10.5 Å². The molecule has 1 rings (SSSR count). The fraction of sp³-hybridized carbons (Fsp3) is 0.143. The number of nitrogens with one attached hydrogen (secondary N) is 1. The Morgan fingerprint density at radius 1 is 1.50 bits per heavy atom. The van der Waals surface area contributed by atoms with E-state index in [-0.39, 0.29) is 11.3 Å². The highest BCUT2D eigenvalue weighted by Gasteiger charge is 2.26. The van der Waals surface area contributed by atoms with Gasteiger partial charge < -0.3 is 10.5 Å². The fourth-order valence-electron chi connectivity index (χ4n) is 0.832. The van der Waals surface area contributed by atoms with Crippen LogP contribution in [0.1, 0.15) is 6.42 Å². The van der Waals surface area contributed by atoms with Gasteiger partial charge in [0.2, 0.25) is 11.6 Å². The summed E-state index contributed by atoms with van der Waals surface area (Å²) in [6, 6.07) is 0. The molecule has 0 unspecified atom stereocenters. The lowest BCUT2D eigenvalue weighted by molar-refractivity contribution is -0.134. The van der Waals surface area contributed by atoms with Crippen molar-refractivity contribution >= 4 is 23.2 Å². The highest BCUT2D eigenvalue weighted by atomic mass is 16.4. The van der Waals surface area contributed by atoms with Gasteiger partial charge >= 0.3 is 5.97 Å². The molecule has 1 aliphatic rings. The van der Waals surface area contributed by atoms with Crippen molar-refractivity contribution in [2.75, 3.05) is 0 Å². The first-order valence-electron chi connectivity index (χ1n) is 3.12. The summed E-state index contributed by atoms with van der Waals surface area (Å²) in [5.41, 5.74) is -0.702. The van der Waals surface area contributed by atoms with Crippen LogP contribution < -0.4 is 0 Å². The molecule has 0 heterocycles. The van der Waals surface area contributed by atoms with Gasteiger partial charge in [0.25, 0.3) is 0 Å². The molecular formula is C7H5NO4. The molecule has 0 aromatic heterocycles. The zero-order chi connectivity index (χ0) is 9.30. The number of rotatable bonds is 1. The SMILES string of the molecule is N=C1CC(=O)C(=O)C=C1C(=O)O. The number of carbonyl (C=O) groups is 3. The van der Waals surface area contributed by atoms with Crippen molar-refractivity contribution in [3.8, 4) is 0 Å². The predicted molar refractivity (Wildman–Crippen MR) is 38.1 cm³/mol. The Hall–Kier alpha value is -1.78. The van der Waals surface area contributed by atoms with Crippen molar-refractivity contribution in [3.63, 3.8) is 0 Å². The van der Waals surface area contributed by atoms with E-state index in [1.165, 1.54) is 0 Å². The van der Waals surface area contributed by atoms with E-state index in [9.17, 15) is 14.4 Å². The second-order valence-electron chi connectivity index (χ2n) is 2.31. The van der Waals surface area contributed by atoms with Crippen molar-refractivity contribution in [3.05, 3.63) is 11.6 Å². The Morgan fingerprint density at radius 2 is 2.08 bits per heavy atom. The van der Waals surface area contributed by atoms with E-state index in [1.54, 1.807) is 0 Å². The Labute approximate surface area is 67.2 Å². The quantitative estimate of drug-likeness (QED) is 0.517. The van der Waals surface area contributed by atoms with Gasteiger partial charge in [0.15, 0.2) is 0 Å². The van der Waals surface area contributed by atoms with Crippen molar-refractivity contribution in [2.24, 2.45) is 0 Å². The first-order valence-corrected chi connectivity index (χ1v) is 3.12. The normalized spacial score (nSPS) is 17.7. The summed E-state index contributed by atoms with van der Waals surface area (Å²) in [4.78, 5) is 31.7. The van der Waals surface area contributed by atoms with Gasteiger partial charge in [-0.2, -0.15) is 0 Å². The van der Waals surface area contributed by atoms with E-state index in [0.717, 1.165) is 0 Å². The Bertz CT molecular complexity index is 326. The molecule has 0 saturated carbocycles. The number of Topliss-reactive ketones (excluding diaryl/α,β-unsaturated/α-hetero) is 1. The lowest BCUT2D eigenvalue weighted by Crippen LogP contribution is -2.26. The van der Waals surface area contributed by atoms with E-state index in [1.807, 2.05) is 0 Å². The van der Waals surface area contributed by atoms with Crippen LogP contribution in [0.3, 0.4) is 0 Å². The number of allylic oxidation sites excluding steroid dienone is 1. The van der Waals surface area contributed by atoms with Crippen LogP contribution >= 0.6 is 0 Å². The van der Waals surface area contributed by atoms with Gasteiger partial charge in [-0.15, -0.1) is 0 Å². The molecule has 0 atom stereocenters. The van der Waals surface area contributed by atoms with E-state index < -0.39 is 24.0 Å². The van der Waals surface area contributed by atoms with Crippen molar-refractivity contribution < 1.29 is 19.5 Å². The molecular weight excluding hydrogens is 162 g/mol. The van der Waals surface area contributed by atoms with Crippen LogP contribution in [0.2, 0.25) is 0 Å². The third-order valence-electron chi connectivity index (χ3n) is 1.44. The van der Waals surface area contributed by atoms with Crippen LogP contribution in [0.15, 0.2) is 11.6 Å². The average Bonchev–Trinajstić information content (AvgIpc) is 1.96. The molecule has 0 radical (unpaired) electrons. The number of carbonyl (C=O) groups excluding carboxylic acids is 2. The summed E-state index contributed by atoms with van der Waals surface area (Å²) in [7, 11) is 0. The molecule has 0 bridgehead atoms. The van der Waals surface area contributed by atoms with Gasteiger partial charge in [-0.05, 0) is 0 Å². The van der Waals surface area contributed by atoms with Crippen LogP contribution in [-0.4, -0.2) is 28.4 Å². The maximum absolute atomic E-state index is 10.7. The minimum atomic E-state index is -1.35. The van der Waals surface area contributed by atoms with Gasteiger partial charge in [-0.3, -0.25) is 9.59 Å². The third kappa shape index (κ3) is 1.29. The number of carboxylic acids is 1. The second-order valence-corrected chi connectivity index (χ2v) is 2.31. The minimum Gasteiger partial charge on any atom is -0.478 e. The summed E-state index contributed by atoms with van der Waals surface area (Å²) in [5, 5.41) is 15.5. The molecule has 0 aliphatic heterocycles. The molecule has 5 nitrogen and oxygen atoms in total. The molecule has 0 spiro atoms. The maximum Gasteiger partial charge on any atom is 0.337 e. The molecule has 0 saturated heterocycles. The zero-order valence-electron chi connectivity index (χ0n) is 5.96. The molecule has 0 aromatic rings. The number of hydrogen-bond donors (Lipinski definition) is 2. The molecule has 12 heavy (non-hydrogen) atoms. The molecule has 0 aromatic carbocycles.